The van der Waals surface area contributed by atoms with Crippen molar-refractivity contribution in [1.82, 2.24) is 14.7 Å². The lowest BCUT2D eigenvalue weighted by Gasteiger charge is -2.26. The molecule has 0 saturated carbocycles. The Bertz CT molecular complexity index is 1150. The molecule has 3 aromatic rings. The predicted octanol–water partition coefficient (Wildman–Crippen LogP) is 5.22. The van der Waals surface area contributed by atoms with Gasteiger partial charge in [-0.1, -0.05) is 74.8 Å². The third kappa shape index (κ3) is 7.16. The molecule has 186 valence electrons. The van der Waals surface area contributed by atoms with Crippen LogP contribution < -0.4 is 5.32 Å². The normalized spacial score (nSPS) is 11.5. The molecule has 0 unspecified atom stereocenters. The minimum atomic E-state index is -0.330. The van der Waals surface area contributed by atoms with Gasteiger partial charge >= 0.3 is 0 Å². The van der Waals surface area contributed by atoms with Crippen molar-refractivity contribution in [3.63, 3.8) is 0 Å². The number of carbonyl (C=O) groups is 2. The van der Waals surface area contributed by atoms with E-state index in [1.807, 2.05) is 89.2 Å². The first-order valence-corrected chi connectivity index (χ1v) is 12.0. The highest BCUT2D eigenvalue weighted by Gasteiger charge is 2.24. The van der Waals surface area contributed by atoms with Crippen LogP contribution in [0.4, 0.5) is 5.82 Å². The van der Waals surface area contributed by atoms with E-state index in [0.29, 0.717) is 23.1 Å². The number of anilines is 1. The number of rotatable bonds is 9. The van der Waals surface area contributed by atoms with Crippen molar-refractivity contribution in [3.8, 4) is 5.69 Å². The molecule has 1 aromatic heterocycles. The van der Waals surface area contributed by atoms with Crippen molar-refractivity contribution < 1.29 is 14.3 Å². The first kappa shape index (κ1) is 26.4. The fourth-order valence-electron chi connectivity index (χ4n) is 3.45. The maximum absolute atomic E-state index is 13.0. The molecule has 0 spiro atoms. The Labute approximate surface area is 212 Å². The van der Waals surface area contributed by atoms with E-state index >= 15 is 0 Å². The predicted molar refractivity (Wildman–Crippen MR) is 139 cm³/mol. The van der Waals surface area contributed by atoms with E-state index in [4.69, 9.17) is 21.4 Å². The summed E-state index contributed by atoms with van der Waals surface area (Å²) in [5, 5.41) is 8.14. The van der Waals surface area contributed by atoms with Crippen molar-refractivity contribution in [2.75, 3.05) is 18.5 Å². The van der Waals surface area contributed by atoms with Gasteiger partial charge in [0, 0.05) is 17.5 Å². The molecule has 2 aromatic carbocycles. The van der Waals surface area contributed by atoms with Crippen LogP contribution in [0.15, 0.2) is 60.7 Å². The Balaban J connectivity index is 1.72. The second-order valence-corrected chi connectivity index (χ2v) is 10.1. The van der Waals surface area contributed by atoms with Crippen LogP contribution in [0.25, 0.3) is 5.69 Å². The minimum absolute atomic E-state index is 0.105. The molecule has 1 N–H and O–H groups in total. The summed E-state index contributed by atoms with van der Waals surface area (Å²) in [4.78, 5) is 27.4. The Morgan fingerprint density at radius 2 is 1.74 bits per heavy atom. The number of nitrogens with zero attached hydrogens (tertiary/aromatic N) is 3. The quantitative estimate of drug-likeness (QED) is 0.441. The fraction of sp³-hybridized carbons (Fsp3) is 0.370. The van der Waals surface area contributed by atoms with Crippen LogP contribution in [-0.2, 0) is 26.3 Å². The Hall–Kier alpha value is -3.16. The molecular weight excluding hydrogens is 464 g/mol. The van der Waals surface area contributed by atoms with Gasteiger partial charge in [-0.2, -0.15) is 5.10 Å². The van der Waals surface area contributed by atoms with Crippen LogP contribution in [0, 0.1) is 0 Å². The highest BCUT2D eigenvalue weighted by atomic mass is 35.5. The van der Waals surface area contributed by atoms with Crippen LogP contribution in [0.2, 0.25) is 5.02 Å². The molecule has 2 amide bonds. The van der Waals surface area contributed by atoms with Gasteiger partial charge in [0.25, 0.3) is 0 Å². The summed E-state index contributed by atoms with van der Waals surface area (Å²) in [6, 6.07) is 18.6. The highest BCUT2D eigenvalue weighted by Crippen LogP contribution is 2.29. The summed E-state index contributed by atoms with van der Waals surface area (Å²) in [5.41, 5.74) is 2.21. The smallest absolute Gasteiger partial charge is 0.249 e. The second kappa shape index (κ2) is 11.5. The van der Waals surface area contributed by atoms with Crippen LogP contribution >= 0.6 is 11.6 Å². The molecule has 0 atom stereocenters. The summed E-state index contributed by atoms with van der Waals surface area (Å²) in [6.07, 6.45) is 0. The largest absolute Gasteiger partial charge is 0.367 e. The van der Waals surface area contributed by atoms with Gasteiger partial charge in [-0.15, -0.1) is 0 Å². The van der Waals surface area contributed by atoms with E-state index in [-0.39, 0.29) is 36.4 Å². The van der Waals surface area contributed by atoms with Crippen molar-refractivity contribution in [1.29, 1.82) is 0 Å². The Morgan fingerprint density at radius 1 is 1.09 bits per heavy atom. The Morgan fingerprint density at radius 3 is 2.37 bits per heavy atom. The van der Waals surface area contributed by atoms with Gasteiger partial charge in [0.1, 0.15) is 19.0 Å². The average molecular weight is 497 g/mol. The van der Waals surface area contributed by atoms with E-state index in [1.165, 1.54) is 4.90 Å². The summed E-state index contributed by atoms with van der Waals surface area (Å²) in [5.74, 6) is -0.0886. The number of benzene rings is 2. The summed E-state index contributed by atoms with van der Waals surface area (Å²) in [6.45, 7) is 10.0. The number of para-hydroxylation sites is 1. The molecule has 8 heteroatoms. The topological polar surface area (TPSA) is 76.5 Å². The number of carbonyl (C=O) groups excluding carboxylic acids is 2. The molecule has 0 aliphatic rings. The molecular formula is C27H33ClN4O3. The SMILES string of the molecule is CC(C)N(CC(=O)Nc1cc(C(C)(C)C)nn1-c1ccccc1Cl)C(=O)COCc1ccccc1. The van der Waals surface area contributed by atoms with Gasteiger partial charge in [-0.3, -0.25) is 9.59 Å². The standard InChI is InChI=1S/C27H33ClN4O3/c1-19(2)31(26(34)18-35-17-20-11-7-6-8-12-20)16-25(33)29-24-15-23(27(3,4)5)30-32(24)22-14-10-9-13-21(22)28/h6-15,19H,16-18H2,1-5H3,(H,29,33). The van der Waals surface area contributed by atoms with E-state index in [9.17, 15) is 9.59 Å². The van der Waals surface area contributed by atoms with E-state index < -0.39 is 0 Å². The zero-order valence-electron chi connectivity index (χ0n) is 20.9. The lowest BCUT2D eigenvalue weighted by molar-refractivity contribution is -0.141. The first-order valence-electron chi connectivity index (χ1n) is 11.6. The molecule has 0 radical (unpaired) electrons. The molecule has 0 bridgehead atoms. The van der Waals surface area contributed by atoms with E-state index in [2.05, 4.69) is 5.32 Å². The summed E-state index contributed by atoms with van der Waals surface area (Å²) >= 11 is 6.41. The number of nitrogens with one attached hydrogen (secondary N) is 1. The molecule has 0 aliphatic carbocycles. The number of aromatic nitrogens is 2. The molecule has 1 heterocycles. The number of hydrogen-bond donors (Lipinski definition) is 1. The minimum Gasteiger partial charge on any atom is -0.367 e. The second-order valence-electron chi connectivity index (χ2n) is 9.67. The van der Waals surface area contributed by atoms with Gasteiger partial charge in [0.05, 0.1) is 23.0 Å². The lowest BCUT2D eigenvalue weighted by atomic mass is 9.92. The maximum atomic E-state index is 13.0. The average Bonchev–Trinajstić information content (AvgIpc) is 3.22. The van der Waals surface area contributed by atoms with Gasteiger partial charge in [0.2, 0.25) is 11.8 Å². The van der Waals surface area contributed by atoms with Crippen LogP contribution in [0.1, 0.15) is 45.9 Å². The van der Waals surface area contributed by atoms with Gasteiger partial charge in [-0.05, 0) is 31.5 Å². The number of ether oxygens (including phenoxy) is 1. The van der Waals surface area contributed by atoms with Gasteiger partial charge in [-0.25, -0.2) is 4.68 Å². The highest BCUT2D eigenvalue weighted by molar-refractivity contribution is 6.32. The first-order chi connectivity index (χ1) is 16.6. The van der Waals surface area contributed by atoms with Gasteiger partial charge < -0.3 is 15.0 Å². The van der Waals surface area contributed by atoms with Crippen LogP contribution in [-0.4, -0.2) is 45.7 Å². The van der Waals surface area contributed by atoms with Crippen LogP contribution in [0.3, 0.4) is 0 Å². The van der Waals surface area contributed by atoms with E-state index in [0.717, 1.165) is 11.3 Å². The van der Waals surface area contributed by atoms with E-state index in [1.54, 1.807) is 10.7 Å². The molecule has 0 saturated heterocycles. The van der Waals surface area contributed by atoms with Crippen LogP contribution in [0.5, 0.6) is 0 Å². The monoisotopic (exact) mass is 496 g/mol. The molecule has 0 aliphatic heterocycles. The lowest BCUT2D eigenvalue weighted by Crippen LogP contribution is -2.44. The van der Waals surface area contributed by atoms with Gasteiger partial charge in [0.15, 0.2) is 0 Å². The van der Waals surface area contributed by atoms with Crippen molar-refractivity contribution in [3.05, 3.63) is 76.9 Å². The molecule has 3 rings (SSSR count). The third-order valence-corrected chi connectivity index (χ3v) is 5.74. The zero-order chi connectivity index (χ0) is 25.6. The molecule has 0 fully saturated rings. The third-order valence-electron chi connectivity index (χ3n) is 5.42. The number of hydrogen-bond acceptors (Lipinski definition) is 4. The maximum Gasteiger partial charge on any atom is 0.249 e. The molecule has 35 heavy (non-hydrogen) atoms. The van der Waals surface area contributed by atoms with Crippen molar-refractivity contribution >= 4 is 29.2 Å². The molecule has 7 nitrogen and oxygen atoms in total. The summed E-state index contributed by atoms with van der Waals surface area (Å²) < 4.78 is 7.22. The van der Waals surface area contributed by atoms with Crippen molar-refractivity contribution in [2.45, 2.75) is 52.7 Å². The van der Waals surface area contributed by atoms with Crippen molar-refractivity contribution in [2.24, 2.45) is 0 Å². The number of amides is 2. The Kier molecular flexibility index (Phi) is 8.70. The zero-order valence-corrected chi connectivity index (χ0v) is 21.7. The summed E-state index contributed by atoms with van der Waals surface area (Å²) in [7, 11) is 0. The number of halogens is 1. The fourth-order valence-corrected chi connectivity index (χ4v) is 3.67.